The second-order valence-corrected chi connectivity index (χ2v) is 3.07. The van der Waals surface area contributed by atoms with Gasteiger partial charge in [0.2, 0.25) is 0 Å². The van der Waals surface area contributed by atoms with Crippen molar-refractivity contribution in [3.8, 4) is 0 Å². The number of hydrogen-bond acceptors (Lipinski definition) is 2. The summed E-state index contributed by atoms with van der Waals surface area (Å²) >= 11 is 5.77. The van der Waals surface area contributed by atoms with Crippen LogP contribution < -0.4 is 0 Å². The van der Waals surface area contributed by atoms with Gasteiger partial charge in [-0.2, -0.15) is 0 Å². The minimum absolute atomic E-state index is 0.143. The lowest BCUT2D eigenvalue weighted by Gasteiger charge is -2.09. The van der Waals surface area contributed by atoms with Crippen LogP contribution in [0.3, 0.4) is 0 Å². The topological polar surface area (TPSA) is 36.7 Å². The van der Waals surface area contributed by atoms with E-state index in [9.17, 15) is 4.39 Å². The van der Waals surface area contributed by atoms with Gasteiger partial charge in [-0.1, -0.05) is 18.5 Å². The third-order valence-corrected chi connectivity index (χ3v) is 2.19. The fraction of sp³-hybridized carbons (Fsp3) is 0.333. The molecule has 1 aromatic heterocycles. The molecule has 0 aliphatic carbocycles. The SMILES string of the molecule is CCC(C=N)c1cc(F)cnc1Cl. The highest BCUT2D eigenvalue weighted by Gasteiger charge is 2.11. The average molecular weight is 201 g/mol. The van der Waals surface area contributed by atoms with Crippen LogP contribution in [0.5, 0.6) is 0 Å². The Morgan fingerprint density at radius 2 is 2.46 bits per heavy atom. The maximum Gasteiger partial charge on any atom is 0.141 e. The first-order valence-corrected chi connectivity index (χ1v) is 4.38. The Labute approximate surface area is 81.3 Å². The monoisotopic (exact) mass is 200 g/mol. The van der Waals surface area contributed by atoms with Crippen LogP contribution in [0.2, 0.25) is 5.15 Å². The Bertz CT molecular complexity index is 314. The molecule has 0 saturated heterocycles. The first-order chi connectivity index (χ1) is 6.19. The van der Waals surface area contributed by atoms with Crippen LogP contribution in [0, 0.1) is 11.2 Å². The van der Waals surface area contributed by atoms with Gasteiger partial charge in [-0.05, 0) is 12.5 Å². The van der Waals surface area contributed by atoms with Crippen molar-refractivity contribution in [2.24, 2.45) is 0 Å². The van der Waals surface area contributed by atoms with E-state index in [-0.39, 0.29) is 11.1 Å². The highest BCUT2D eigenvalue weighted by Crippen LogP contribution is 2.24. The van der Waals surface area contributed by atoms with Crippen molar-refractivity contribution in [1.29, 1.82) is 5.41 Å². The van der Waals surface area contributed by atoms with E-state index >= 15 is 0 Å². The molecule has 0 aliphatic heterocycles. The number of aromatic nitrogens is 1. The van der Waals surface area contributed by atoms with Gasteiger partial charge in [0.25, 0.3) is 0 Å². The summed E-state index contributed by atoms with van der Waals surface area (Å²) < 4.78 is 12.8. The molecule has 1 N–H and O–H groups in total. The lowest BCUT2D eigenvalue weighted by Crippen LogP contribution is -2.01. The fourth-order valence-corrected chi connectivity index (χ4v) is 1.37. The van der Waals surface area contributed by atoms with Crippen molar-refractivity contribution >= 4 is 17.8 Å². The van der Waals surface area contributed by atoms with Gasteiger partial charge in [0.1, 0.15) is 11.0 Å². The third kappa shape index (κ3) is 2.25. The van der Waals surface area contributed by atoms with Crippen LogP contribution in [0.25, 0.3) is 0 Å². The number of halogens is 2. The summed E-state index contributed by atoms with van der Waals surface area (Å²) in [5.74, 6) is -0.560. The molecule has 2 nitrogen and oxygen atoms in total. The van der Waals surface area contributed by atoms with Crippen molar-refractivity contribution in [3.63, 3.8) is 0 Å². The highest BCUT2D eigenvalue weighted by molar-refractivity contribution is 6.30. The highest BCUT2D eigenvalue weighted by atomic mass is 35.5. The van der Waals surface area contributed by atoms with Gasteiger partial charge in [0, 0.05) is 17.7 Å². The lowest BCUT2D eigenvalue weighted by molar-refractivity contribution is 0.617. The number of rotatable bonds is 3. The molecule has 13 heavy (non-hydrogen) atoms. The van der Waals surface area contributed by atoms with Crippen LogP contribution in [0.1, 0.15) is 24.8 Å². The molecule has 0 amide bonds. The van der Waals surface area contributed by atoms with Gasteiger partial charge in [-0.15, -0.1) is 0 Å². The largest absolute Gasteiger partial charge is 0.312 e. The average Bonchev–Trinajstić information content (AvgIpc) is 2.13. The van der Waals surface area contributed by atoms with E-state index in [4.69, 9.17) is 17.0 Å². The Morgan fingerprint density at radius 3 is 3.00 bits per heavy atom. The van der Waals surface area contributed by atoms with Gasteiger partial charge in [-0.3, -0.25) is 0 Å². The predicted octanol–water partition coefficient (Wildman–Crippen LogP) is 3.02. The van der Waals surface area contributed by atoms with E-state index in [1.807, 2.05) is 6.92 Å². The lowest BCUT2D eigenvalue weighted by atomic mass is 10.00. The summed E-state index contributed by atoms with van der Waals surface area (Å²) in [7, 11) is 0. The molecule has 70 valence electrons. The van der Waals surface area contributed by atoms with E-state index in [0.717, 1.165) is 6.20 Å². The number of nitrogens with zero attached hydrogens (tertiary/aromatic N) is 1. The zero-order chi connectivity index (χ0) is 9.84. The molecule has 0 saturated carbocycles. The number of hydrogen-bond donors (Lipinski definition) is 1. The van der Waals surface area contributed by atoms with Crippen LogP contribution in [-0.4, -0.2) is 11.2 Å². The Balaban J connectivity index is 3.10. The van der Waals surface area contributed by atoms with Gasteiger partial charge < -0.3 is 5.41 Å². The summed E-state index contributed by atoms with van der Waals surface area (Å²) in [4.78, 5) is 3.68. The smallest absolute Gasteiger partial charge is 0.141 e. The fourth-order valence-electron chi connectivity index (χ4n) is 1.13. The van der Waals surface area contributed by atoms with E-state index in [0.29, 0.717) is 12.0 Å². The first-order valence-electron chi connectivity index (χ1n) is 4.00. The van der Waals surface area contributed by atoms with Crippen LogP contribution in [0.15, 0.2) is 12.3 Å². The van der Waals surface area contributed by atoms with Crippen LogP contribution in [-0.2, 0) is 0 Å². The van der Waals surface area contributed by atoms with Gasteiger partial charge in [0.05, 0.1) is 6.20 Å². The van der Waals surface area contributed by atoms with Crippen molar-refractivity contribution in [2.75, 3.05) is 0 Å². The molecule has 1 heterocycles. The normalized spacial score (nSPS) is 12.5. The number of pyridine rings is 1. The van der Waals surface area contributed by atoms with Crippen molar-refractivity contribution in [1.82, 2.24) is 4.98 Å². The molecule has 0 bridgehead atoms. The minimum atomic E-state index is -0.417. The molecule has 4 heteroatoms. The van der Waals surface area contributed by atoms with E-state index < -0.39 is 5.82 Å². The molecular formula is C9H10ClFN2. The van der Waals surface area contributed by atoms with E-state index in [1.54, 1.807) is 0 Å². The first kappa shape index (κ1) is 10.1. The van der Waals surface area contributed by atoms with Crippen molar-refractivity contribution in [2.45, 2.75) is 19.3 Å². The Hall–Kier alpha value is -0.960. The maximum absolute atomic E-state index is 12.8. The molecule has 0 spiro atoms. The molecule has 0 aromatic carbocycles. The molecule has 1 atom stereocenters. The van der Waals surface area contributed by atoms with Gasteiger partial charge in [-0.25, -0.2) is 9.37 Å². The maximum atomic E-state index is 12.8. The van der Waals surface area contributed by atoms with Gasteiger partial charge in [0.15, 0.2) is 0 Å². The standard InChI is InChI=1S/C9H10ClFN2/c1-2-6(4-12)8-3-7(11)5-13-9(8)10/h3-6,12H,2H2,1H3. The van der Waals surface area contributed by atoms with Gasteiger partial charge >= 0.3 is 0 Å². The molecular weight excluding hydrogens is 191 g/mol. The zero-order valence-corrected chi connectivity index (χ0v) is 7.98. The quantitative estimate of drug-likeness (QED) is 0.591. The third-order valence-electron chi connectivity index (χ3n) is 1.87. The Kier molecular flexibility index (Phi) is 3.37. The molecule has 1 rings (SSSR count). The minimum Gasteiger partial charge on any atom is -0.312 e. The molecule has 0 radical (unpaired) electrons. The van der Waals surface area contributed by atoms with E-state index in [2.05, 4.69) is 4.98 Å². The second kappa shape index (κ2) is 4.33. The van der Waals surface area contributed by atoms with Crippen molar-refractivity contribution < 1.29 is 4.39 Å². The van der Waals surface area contributed by atoms with Crippen LogP contribution in [0.4, 0.5) is 4.39 Å². The summed E-state index contributed by atoms with van der Waals surface area (Å²) in [5.41, 5.74) is 0.583. The summed E-state index contributed by atoms with van der Waals surface area (Å²) in [6, 6.07) is 1.33. The second-order valence-electron chi connectivity index (χ2n) is 2.71. The molecule has 1 aromatic rings. The molecule has 1 unspecified atom stereocenters. The summed E-state index contributed by atoms with van der Waals surface area (Å²) in [5, 5.41) is 7.41. The zero-order valence-electron chi connectivity index (χ0n) is 7.22. The summed E-state index contributed by atoms with van der Waals surface area (Å²) in [6.45, 7) is 1.91. The van der Waals surface area contributed by atoms with Crippen LogP contribution >= 0.6 is 11.6 Å². The van der Waals surface area contributed by atoms with Crippen molar-refractivity contribution in [3.05, 3.63) is 28.8 Å². The van der Waals surface area contributed by atoms with E-state index in [1.165, 1.54) is 12.3 Å². The molecule has 0 aliphatic rings. The number of nitrogens with one attached hydrogen (secondary N) is 1. The molecule has 0 fully saturated rings. The Morgan fingerprint density at radius 1 is 1.77 bits per heavy atom. The summed E-state index contributed by atoms with van der Waals surface area (Å²) in [6.07, 6.45) is 3.04. The predicted molar refractivity (Wildman–Crippen MR) is 51.0 cm³/mol.